The smallest absolute Gasteiger partial charge is 0.303 e. The fourth-order valence-corrected chi connectivity index (χ4v) is 2.01. The summed E-state index contributed by atoms with van der Waals surface area (Å²) in [5, 5.41) is 8.45. The van der Waals surface area contributed by atoms with Crippen LogP contribution in [0.4, 0.5) is 0 Å². The van der Waals surface area contributed by atoms with Gasteiger partial charge in [0.2, 0.25) is 5.91 Å². The molecule has 0 fully saturated rings. The standard InChI is InChI=1S/C10H20N2O5S/c1-12(6-3-4-9(13)14)10(15)8(11)5-7-18(2,16)17/h8H,3-7,11H2,1-2H3,(H,13,14). The van der Waals surface area contributed by atoms with Gasteiger partial charge in [-0.1, -0.05) is 0 Å². The third-order valence-corrected chi connectivity index (χ3v) is 3.35. The van der Waals surface area contributed by atoms with Crippen molar-refractivity contribution >= 4 is 21.7 Å². The molecule has 7 nitrogen and oxygen atoms in total. The van der Waals surface area contributed by atoms with Crippen LogP contribution in [0.5, 0.6) is 0 Å². The molecule has 0 saturated carbocycles. The van der Waals surface area contributed by atoms with Crippen molar-refractivity contribution in [2.75, 3.05) is 25.6 Å². The van der Waals surface area contributed by atoms with E-state index >= 15 is 0 Å². The third-order valence-electron chi connectivity index (χ3n) is 2.38. The Morgan fingerprint density at radius 1 is 1.39 bits per heavy atom. The molecule has 1 unspecified atom stereocenters. The van der Waals surface area contributed by atoms with Gasteiger partial charge in [0.15, 0.2) is 0 Å². The summed E-state index contributed by atoms with van der Waals surface area (Å²) < 4.78 is 21.9. The quantitative estimate of drug-likeness (QED) is 0.593. The zero-order valence-electron chi connectivity index (χ0n) is 10.6. The van der Waals surface area contributed by atoms with Crippen molar-refractivity contribution in [3.63, 3.8) is 0 Å². The SMILES string of the molecule is CN(CCCC(=O)O)C(=O)C(N)CCS(C)(=O)=O. The molecule has 0 rings (SSSR count). The molecule has 0 aromatic carbocycles. The van der Waals surface area contributed by atoms with Gasteiger partial charge >= 0.3 is 5.97 Å². The van der Waals surface area contributed by atoms with E-state index in [4.69, 9.17) is 10.8 Å². The Morgan fingerprint density at radius 3 is 2.39 bits per heavy atom. The average molecular weight is 280 g/mol. The third kappa shape index (κ3) is 8.02. The summed E-state index contributed by atoms with van der Waals surface area (Å²) >= 11 is 0. The second-order valence-corrected chi connectivity index (χ2v) is 6.54. The molecular formula is C10H20N2O5S. The van der Waals surface area contributed by atoms with Crippen LogP contribution in [-0.2, 0) is 19.4 Å². The highest BCUT2D eigenvalue weighted by molar-refractivity contribution is 7.90. The molecule has 8 heteroatoms. The highest BCUT2D eigenvalue weighted by atomic mass is 32.2. The number of nitrogens with two attached hydrogens (primary N) is 1. The van der Waals surface area contributed by atoms with Crippen molar-refractivity contribution < 1.29 is 23.1 Å². The molecule has 18 heavy (non-hydrogen) atoms. The molecule has 1 atom stereocenters. The lowest BCUT2D eigenvalue weighted by Gasteiger charge is -2.20. The average Bonchev–Trinajstić information content (AvgIpc) is 2.23. The largest absolute Gasteiger partial charge is 0.481 e. The zero-order chi connectivity index (χ0) is 14.3. The summed E-state index contributed by atoms with van der Waals surface area (Å²) in [5.74, 6) is -1.43. The Morgan fingerprint density at radius 2 is 1.94 bits per heavy atom. The van der Waals surface area contributed by atoms with E-state index in [1.165, 1.54) is 11.9 Å². The Hall–Kier alpha value is -1.15. The minimum atomic E-state index is -3.14. The number of carbonyl (C=O) groups excluding carboxylic acids is 1. The van der Waals surface area contributed by atoms with Crippen LogP contribution in [0, 0.1) is 0 Å². The number of sulfone groups is 1. The highest BCUT2D eigenvalue weighted by Crippen LogP contribution is 2.00. The molecule has 0 bridgehead atoms. The van der Waals surface area contributed by atoms with Crippen molar-refractivity contribution in [3.05, 3.63) is 0 Å². The number of amides is 1. The highest BCUT2D eigenvalue weighted by Gasteiger charge is 2.19. The maximum atomic E-state index is 11.7. The van der Waals surface area contributed by atoms with E-state index in [0.29, 0.717) is 6.42 Å². The van der Waals surface area contributed by atoms with Crippen LogP contribution < -0.4 is 5.73 Å². The number of carbonyl (C=O) groups is 2. The first-order chi connectivity index (χ1) is 8.13. The van der Waals surface area contributed by atoms with Crippen LogP contribution in [0.1, 0.15) is 19.3 Å². The number of carboxylic acids is 1. The molecule has 0 saturated heterocycles. The van der Waals surface area contributed by atoms with Crippen LogP contribution in [0.15, 0.2) is 0 Å². The molecule has 3 N–H and O–H groups in total. The lowest BCUT2D eigenvalue weighted by Crippen LogP contribution is -2.43. The summed E-state index contributed by atoms with van der Waals surface area (Å²) in [5.41, 5.74) is 5.58. The lowest BCUT2D eigenvalue weighted by atomic mass is 10.2. The van der Waals surface area contributed by atoms with Crippen LogP contribution in [0.2, 0.25) is 0 Å². The first-order valence-corrected chi connectivity index (χ1v) is 7.59. The number of hydrogen-bond acceptors (Lipinski definition) is 5. The van der Waals surface area contributed by atoms with Gasteiger partial charge in [0.1, 0.15) is 9.84 Å². The molecule has 1 amide bonds. The number of hydrogen-bond donors (Lipinski definition) is 2. The number of carboxylic acid groups (broad SMARTS) is 1. The predicted molar refractivity (Wildman–Crippen MR) is 66.8 cm³/mol. The Kier molecular flexibility index (Phi) is 6.85. The van der Waals surface area contributed by atoms with Crippen LogP contribution >= 0.6 is 0 Å². The van der Waals surface area contributed by atoms with Gasteiger partial charge in [0, 0.05) is 26.3 Å². The number of aliphatic carboxylic acids is 1. The van der Waals surface area contributed by atoms with Gasteiger partial charge in [-0.05, 0) is 12.8 Å². The van der Waals surface area contributed by atoms with E-state index in [9.17, 15) is 18.0 Å². The van der Waals surface area contributed by atoms with Gasteiger partial charge in [0.05, 0.1) is 11.8 Å². The number of nitrogens with zero attached hydrogens (tertiary/aromatic N) is 1. The monoisotopic (exact) mass is 280 g/mol. The van der Waals surface area contributed by atoms with E-state index in [1.807, 2.05) is 0 Å². The van der Waals surface area contributed by atoms with Gasteiger partial charge in [-0.3, -0.25) is 9.59 Å². The topological polar surface area (TPSA) is 118 Å². The molecular weight excluding hydrogens is 260 g/mol. The molecule has 0 aliphatic heterocycles. The Bertz CT molecular complexity index is 393. The molecule has 0 aliphatic carbocycles. The molecule has 0 heterocycles. The molecule has 0 aromatic rings. The molecule has 106 valence electrons. The van der Waals surface area contributed by atoms with Crippen molar-refractivity contribution in [2.24, 2.45) is 5.73 Å². The van der Waals surface area contributed by atoms with E-state index in [-0.39, 0.29) is 31.0 Å². The zero-order valence-corrected chi connectivity index (χ0v) is 11.4. The summed E-state index contributed by atoms with van der Waals surface area (Å²) in [7, 11) is -1.62. The van der Waals surface area contributed by atoms with Crippen LogP contribution in [0.25, 0.3) is 0 Å². The molecule has 0 radical (unpaired) electrons. The van der Waals surface area contributed by atoms with Crippen molar-refractivity contribution in [1.29, 1.82) is 0 Å². The van der Waals surface area contributed by atoms with Gasteiger partial charge in [-0.2, -0.15) is 0 Å². The molecule has 0 spiro atoms. The van der Waals surface area contributed by atoms with Crippen LogP contribution in [0.3, 0.4) is 0 Å². The number of likely N-dealkylation sites (N-methyl/N-ethyl adjacent to an activating group) is 1. The molecule has 0 aliphatic rings. The maximum Gasteiger partial charge on any atom is 0.303 e. The van der Waals surface area contributed by atoms with Crippen LogP contribution in [-0.4, -0.2) is 61.9 Å². The summed E-state index contributed by atoms with van der Waals surface area (Å²) in [6.45, 7) is 0.289. The second-order valence-electron chi connectivity index (χ2n) is 4.28. The predicted octanol–water partition coefficient (Wildman–Crippen LogP) is -0.928. The summed E-state index contributed by atoms with van der Waals surface area (Å²) in [4.78, 5) is 23.3. The maximum absolute atomic E-state index is 11.7. The fourth-order valence-electron chi connectivity index (χ4n) is 1.33. The summed E-state index contributed by atoms with van der Waals surface area (Å²) in [6.07, 6.45) is 1.48. The van der Waals surface area contributed by atoms with Gasteiger partial charge in [0.25, 0.3) is 0 Å². The van der Waals surface area contributed by atoms with Crippen molar-refractivity contribution in [2.45, 2.75) is 25.3 Å². The van der Waals surface area contributed by atoms with Gasteiger partial charge < -0.3 is 15.7 Å². The Balaban J connectivity index is 4.08. The Labute approximate surface area is 107 Å². The minimum Gasteiger partial charge on any atom is -0.481 e. The second kappa shape index (κ2) is 7.32. The molecule has 0 aromatic heterocycles. The normalized spacial score (nSPS) is 13.1. The van der Waals surface area contributed by atoms with Gasteiger partial charge in [-0.25, -0.2) is 8.42 Å². The fraction of sp³-hybridized carbons (Fsp3) is 0.800. The van der Waals surface area contributed by atoms with Crippen molar-refractivity contribution in [1.82, 2.24) is 4.90 Å². The number of rotatable bonds is 8. The van der Waals surface area contributed by atoms with Gasteiger partial charge in [-0.15, -0.1) is 0 Å². The van der Waals surface area contributed by atoms with E-state index in [1.54, 1.807) is 0 Å². The minimum absolute atomic E-state index is 0.0177. The first kappa shape index (κ1) is 16.9. The van der Waals surface area contributed by atoms with E-state index in [2.05, 4.69) is 0 Å². The summed E-state index contributed by atoms with van der Waals surface area (Å²) in [6, 6.07) is -0.866. The van der Waals surface area contributed by atoms with E-state index < -0.39 is 21.8 Å². The first-order valence-electron chi connectivity index (χ1n) is 5.53. The van der Waals surface area contributed by atoms with E-state index in [0.717, 1.165) is 6.26 Å². The lowest BCUT2D eigenvalue weighted by molar-refractivity contribution is -0.138. The van der Waals surface area contributed by atoms with Crippen molar-refractivity contribution in [3.8, 4) is 0 Å².